The molecule has 1 N–H and O–H groups in total. The molecule has 1 spiro atoms. The maximum absolute atomic E-state index is 12.9. The fourth-order valence-corrected chi connectivity index (χ4v) is 6.60. The van der Waals surface area contributed by atoms with Crippen molar-refractivity contribution in [2.24, 2.45) is 5.92 Å². The number of likely N-dealkylation sites (tertiary alicyclic amines) is 1. The number of piperazine rings is 1. The molecular weight excluding hydrogens is 370 g/mol. The second kappa shape index (κ2) is 6.19. The van der Waals surface area contributed by atoms with E-state index in [2.05, 4.69) is 23.3 Å². The molecule has 1 aromatic carbocycles. The summed E-state index contributed by atoms with van der Waals surface area (Å²) in [7, 11) is 2.20. The van der Waals surface area contributed by atoms with E-state index in [4.69, 9.17) is 9.47 Å². The number of rotatable bonds is 1. The van der Waals surface area contributed by atoms with E-state index in [1.165, 1.54) is 5.56 Å². The van der Waals surface area contributed by atoms with E-state index in [0.717, 1.165) is 44.5 Å². The molecule has 1 aromatic rings. The molecule has 6 rings (SSSR count). The minimum atomic E-state index is -0.425. The van der Waals surface area contributed by atoms with Crippen molar-refractivity contribution in [1.82, 2.24) is 15.1 Å². The molecule has 2 aliphatic carbocycles. The number of nitrogens with one attached hydrogen (secondary N) is 1. The van der Waals surface area contributed by atoms with Crippen molar-refractivity contribution in [3.05, 3.63) is 23.3 Å². The maximum atomic E-state index is 12.9. The van der Waals surface area contributed by atoms with Crippen LogP contribution in [0.25, 0.3) is 0 Å². The van der Waals surface area contributed by atoms with Crippen molar-refractivity contribution >= 4 is 11.9 Å². The summed E-state index contributed by atoms with van der Waals surface area (Å²) in [5.41, 5.74) is 2.18. The molecule has 3 heterocycles. The number of carbonyl (C=O) groups is 2. The molecule has 3 aliphatic heterocycles. The summed E-state index contributed by atoms with van der Waals surface area (Å²) in [6, 6.07) is 4.41. The number of ether oxygens (including phenoxy) is 2. The van der Waals surface area contributed by atoms with Crippen molar-refractivity contribution in [1.29, 1.82) is 0 Å². The Balaban J connectivity index is 1.42. The van der Waals surface area contributed by atoms with E-state index in [1.807, 2.05) is 6.07 Å². The molecule has 0 aromatic heterocycles. The number of nitrogens with zero attached hydrogens (tertiary/aromatic N) is 2. The molecule has 7 nitrogen and oxygen atoms in total. The highest BCUT2D eigenvalue weighted by molar-refractivity contribution is 5.89. The molecule has 7 heteroatoms. The molecule has 154 valence electrons. The predicted octanol–water partition coefficient (Wildman–Crippen LogP) is 1.33. The highest BCUT2D eigenvalue weighted by Crippen LogP contribution is 2.63. The number of hydrogen-bond donors (Lipinski definition) is 1. The van der Waals surface area contributed by atoms with Crippen LogP contribution >= 0.6 is 0 Å². The largest absolute Gasteiger partial charge is 0.477 e. The zero-order chi connectivity index (χ0) is 19.8. The first-order valence-corrected chi connectivity index (χ1v) is 10.8. The zero-order valence-corrected chi connectivity index (χ0v) is 16.8. The van der Waals surface area contributed by atoms with E-state index in [1.54, 1.807) is 4.90 Å². The number of Topliss-reactive ketones (excluding diaryl/α,β-unsaturated/α-hetero) is 1. The van der Waals surface area contributed by atoms with Gasteiger partial charge in [-0.05, 0) is 50.4 Å². The molecule has 1 amide bonds. The minimum Gasteiger partial charge on any atom is -0.477 e. The van der Waals surface area contributed by atoms with Crippen LogP contribution in [-0.4, -0.2) is 73.6 Å². The van der Waals surface area contributed by atoms with E-state index in [0.29, 0.717) is 43.0 Å². The summed E-state index contributed by atoms with van der Waals surface area (Å²) >= 11 is 0. The van der Waals surface area contributed by atoms with Gasteiger partial charge in [-0.3, -0.25) is 4.79 Å². The summed E-state index contributed by atoms with van der Waals surface area (Å²) in [4.78, 5) is 29.8. The normalized spacial score (nSPS) is 35.1. The van der Waals surface area contributed by atoms with Gasteiger partial charge in [-0.2, -0.15) is 0 Å². The summed E-state index contributed by atoms with van der Waals surface area (Å²) in [6.07, 6.45) is 2.65. The molecule has 4 atom stereocenters. The lowest BCUT2D eigenvalue weighted by Crippen LogP contribution is -2.65. The number of hydrogen-bond acceptors (Lipinski definition) is 6. The van der Waals surface area contributed by atoms with Crippen LogP contribution in [0.4, 0.5) is 4.79 Å². The predicted molar refractivity (Wildman–Crippen MR) is 105 cm³/mol. The summed E-state index contributed by atoms with van der Waals surface area (Å²) in [6.45, 7) is 3.80. The number of carbonyl (C=O) groups excluding carboxylic acids is 2. The Morgan fingerprint density at radius 1 is 1.28 bits per heavy atom. The molecule has 1 saturated carbocycles. The SMILES string of the molecule is CN1CC[C@@]23c4c5ccc(OC(=O)N6CCNCC6)c4O[C@@H]2C(=O)CCC3[C@@H]1C5. The van der Waals surface area contributed by atoms with Crippen molar-refractivity contribution in [3.8, 4) is 11.5 Å². The van der Waals surface area contributed by atoms with Crippen LogP contribution in [-0.2, 0) is 16.6 Å². The van der Waals surface area contributed by atoms with Gasteiger partial charge in [0.25, 0.3) is 0 Å². The van der Waals surface area contributed by atoms with E-state index in [-0.39, 0.29) is 17.3 Å². The van der Waals surface area contributed by atoms with Gasteiger partial charge in [0, 0.05) is 49.6 Å². The number of amides is 1. The first kappa shape index (κ1) is 17.7. The lowest BCUT2D eigenvalue weighted by atomic mass is 9.52. The molecule has 2 bridgehead atoms. The van der Waals surface area contributed by atoms with E-state index >= 15 is 0 Å². The third kappa shape index (κ3) is 2.31. The Morgan fingerprint density at radius 3 is 2.93 bits per heavy atom. The van der Waals surface area contributed by atoms with Crippen molar-refractivity contribution in [2.45, 2.75) is 43.2 Å². The Hall–Kier alpha value is -2.12. The van der Waals surface area contributed by atoms with Gasteiger partial charge in [-0.1, -0.05) is 6.07 Å². The number of piperidine rings is 1. The molecule has 1 unspecified atom stereocenters. The summed E-state index contributed by atoms with van der Waals surface area (Å²) < 4.78 is 12.2. The van der Waals surface area contributed by atoms with Gasteiger partial charge in [0.15, 0.2) is 23.4 Å². The zero-order valence-electron chi connectivity index (χ0n) is 16.8. The minimum absolute atomic E-state index is 0.202. The summed E-state index contributed by atoms with van der Waals surface area (Å²) in [5.74, 6) is 1.75. The van der Waals surface area contributed by atoms with Gasteiger partial charge in [0.1, 0.15) is 0 Å². The topological polar surface area (TPSA) is 71.1 Å². The third-order valence-electron chi connectivity index (χ3n) is 7.94. The van der Waals surface area contributed by atoms with Crippen molar-refractivity contribution < 1.29 is 19.1 Å². The van der Waals surface area contributed by atoms with Crippen LogP contribution in [0.2, 0.25) is 0 Å². The smallest absolute Gasteiger partial charge is 0.415 e. The Morgan fingerprint density at radius 2 is 2.10 bits per heavy atom. The number of likely N-dealkylation sites (N-methyl/N-ethyl adjacent to an activating group) is 1. The van der Waals surface area contributed by atoms with Crippen LogP contribution in [0.5, 0.6) is 11.5 Å². The van der Waals surface area contributed by atoms with Crippen LogP contribution < -0.4 is 14.8 Å². The van der Waals surface area contributed by atoms with Crippen molar-refractivity contribution in [2.75, 3.05) is 39.8 Å². The van der Waals surface area contributed by atoms with Gasteiger partial charge < -0.3 is 24.6 Å². The summed E-state index contributed by atoms with van der Waals surface area (Å²) in [5, 5.41) is 3.24. The first-order chi connectivity index (χ1) is 14.1. The Bertz CT molecular complexity index is 896. The number of benzene rings is 1. The average molecular weight is 397 g/mol. The lowest BCUT2D eigenvalue weighted by Gasteiger charge is -2.57. The number of ketones is 1. The monoisotopic (exact) mass is 397 g/mol. The van der Waals surface area contributed by atoms with Crippen LogP contribution in [0.3, 0.4) is 0 Å². The van der Waals surface area contributed by atoms with Gasteiger partial charge in [0.2, 0.25) is 0 Å². The van der Waals surface area contributed by atoms with Crippen LogP contribution in [0.15, 0.2) is 12.1 Å². The van der Waals surface area contributed by atoms with Crippen molar-refractivity contribution in [3.63, 3.8) is 0 Å². The van der Waals surface area contributed by atoms with Gasteiger partial charge >= 0.3 is 6.09 Å². The van der Waals surface area contributed by atoms with Crippen LogP contribution in [0.1, 0.15) is 30.4 Å². The molecule has 5 aliphatic rings. The fourth-order valence-electron chi connectivity index (χ4n) is 6.60. The second-order valence-corrected chi connectivity index (χ2v) is 9.18. The van der Waals surface area contributed by atoms with E-state index < -0.39 is 6.10 Å². The van der Waals surface area contributed by atoms with E-state index in [9.17, 15) is 9.59 Å². The first-order valence-electron chi connectivity index (χ1n) is 10.8. The fraction of sp³-hybridized carbons (Fsp3) is 0.636. The molecule has 3 fully saturated rings. The molecule has 0 radical (unpaired) electrons. The Kier molecular flexibility index (Phi) is 3.78. The molecule has 29 heavy (non-hydrogen) atoms. The van der Waals surface area contributed by atoms with Gasteiger partial charge in [-0.25, -0.2) is 4.79 Å². The standard InChI is InChI=1S/C22H27N3O4/c1-24-9-6-22-14-3-4-16(26)20(22)29-19-17(5-2-13(18(19)22)12-15(14)24)28-21(27)25-10-7-23-8-11-25/h2,5,14-15,20,23H,3-4,6-12H2,1H3/t14?,15-,20+,22+/m0/s1. The average Bonchev–Trinajstić information content (AvgIpc) is 3.10. The third-order valence-corrected chi connectivity index (χ3v) is 7.94. The molecule has 2 saturated heterocycles. The van der Waals surface area contributed by atoms with Gasteiger partial charge in [0.05, 0.1) is 0 Å². The maximum Gasteiger partial charge on any atom is 0.415 e. The molecular formula is C22H27N3O4. The Labute approximate surface area is 170 Å². The highest BCUT2D eigenvalue weighted by Gasteiger charge is 2.65. The highest BCUT2D eigenvalue weighted by atomic mass is 16.6. The quantitative estimate of drug-likeness (QED) is 0.771. The van der Waals surface area contributed by atoms with Gasteiger partial charge in [-0.15, -0.1) is 0 Å². The van der Waals surface area contributed by atoms with Crippen LogP contribution in [0, 0.1) is 5.92 Å². The lowest BCUT2D eigenvalue weighted by molar-refractivity contribution is -0.138. The second-order valence-electron chi connectivity index (χ2n) is 9.18.